The van der Waals surface area contributed by atoms with Gasteiger partial charge in [0, 0.05) is 9.92 Å². The molecule has 0 aliphatic rings. The lowest BCUT2D eigenvalue weighted by Crippen LogP contribution is -2.09. The number of rotatable bonds is 4. The summed E-state index contributed by atoms with van der Waals surface area (Å²) in [5, 5.41) is 9.44. The van der Waals surface area contributed by atoms with Crippen molar-refractivity contribution in [1.82, 2.24) is 15.0 Å². The number of fused-ring (bicyclic) bond motifs is 1. The van der Waals surface area contributed by atoms with E-state index in [2.05, 4.69) is 41.5 Å². The van der Waals surface area contributed by atoms with Gasteiger partial charge in [-0.3, -0.25) is 0 Å². The molecule has 0 radical (unpaired) electrons. The maximum Gasteiger partial charge on any atom is 0.129 e. The van der Waals surface area contributed by atoms with Crippen LogP contribution in [0, 0.1) is 6.92 Å². The molecule has 0 fully saturated rings. The van der Waals surface area contributed by atoms with Gasteiger partial charge in [0.25, 0.3) is 0 Å². The lowest BCUT2D eigenvalue weighted by molar-refractivity contribution is 0.655. The molecule has 25 heavy (non-hydrogen) atoms. The predicted molar refractivity (Wildman–Crippen MR) is 104 cm³/mol. The highest BCUT2D eigenvalue weighted by Gasteiger charge is 2.19. The first-order valence-corrected chi connectivity index (χ1v) is 9.25. The van der Waals surface area contributed by atoms with Crippen LogP contribution in [0.1, 0.15) is 16.5 Å². The molecule has 0 N–H and O–H groups in total. The summed E-state index contributed by atoms with van der Waals surface area (Å²) in [5.74, 6) is 0. The van der Waals surface area contributed by atoms with E-state index in [-0.39, 0.29) is 5.37 Å². The zero-order valence-electron chi connectivity index (χ0n) is 13.6. The van der Waals surface area contributed by atoms with Crippen molar-refractivity contribution in [2.24, 2.45) is 0 Å². The molecule has 4 rings (SSSR count). The second-order valence-corrected chi connectivity index (χ2v) is 7.45. The molecular weight excluding hydrogens is 350 g/mol. The Bertz CT molecular complexity index is 994. The second-order valence-electron chi connectivity index (χ2n) is 5.86. The molecule has 124 valence electrons. The molecule has 4 aromatic rings. The molecule has 1 heterocycles. The van der Waals surface area contributed by atoms with Crippen LogP contribution < -0.4 is 0 Å². The average molecular weight is 366 g/mol. The molecule has 0 saturated carbocycles. The van der Waals surface area contributed by atoms with E-state index < -0.39 is 0 Å². The van der Waals surface area contributed by atoms with E-state index in [0.717, 1.165) is 21.6 Å². The molecule has 0 aliphatic carbocycles. The van der Waals surface area contributed by atoms with Crippen molar-refractivity contribution >= 4 is 34.4 Å². The highest BCUT2D eigenvalue weighted by molar-refractivity contribution is 7.99. The van der Waals surface area contributed by atoms with Crippen LogP contribution in [0.3, 0.4) is 0 Å². The van der Waals surface area contributed by atoms with Gasteiger partial charge in [0.05, 0.1) is 5.52 Å². The van der Waals surface area contributed by atoms with Crippen molar-refractivity contribution in [2.75, 3.05) is 0 Å². The topological polar surface area (TPSA) is 30.7 Å². The van der Waals surface area contributed by atoms with Gasteiger partial charge >= 0.3 is 0 Å². The number of halogens is 1. The van der Waals surface area contributed by atoms with E-state index in [1.807, 2.05) is 53.2 Å². The number of aromatic nitrogens is 3. The van der Waals surface area contributed by atoms with Crippen molar-refractivity contribution in [2.45, 2.75) is 17.2 Å². The van der Waals surface area contributed by atoms with Crippen LogP contribution in [0.2, 0.25) is 5.02 Å². The Hall–Kier alpha value is -2.30. The molecular formula is C20H16ClN3S. The van der Waals surface area contributed by atoms with Crippen molar-refractivity contribution in [3.8, 4) is 0 Å². The third-order valence-electron chi connectivity index (χ3n) is 4.02. The van der Waals surface area contributed by atoms with E-state index in [1.54, 1.807) is 11.8 Å². The number of hydrogen-bond donors (Lipinski definition) is 0. The summed E-state index contributed by atoms with van der Waals surface area (Å²) in [7, 11) is 0. The van der Waals surface area contributed by atoms with Gasteiger partial charge in [0.1, 0.15) is 10.9 Å². The van der Waals surface area contributed by atoms with Crippen LogP contribution in [0.4, 0.5) is 0 Å². The molecule has 1 unspecified atom stereocenters. The smallest absolute Gasteiger partial charge is 0.129 e. The van der Waals surface area contributed by atoms with E-state index in [1.165, 1.54) is 10.5 Å². The molecule has 1 atom stereocenters. The van der Waals surface area contributed by atoms with Crippen LogP contribution in [0.15, 0.2) is 77.7 Å². The van der Waals surface area contributed by atoms with Crippen LogP contribution in [-0.4, -0.2) is 15.0 Å². The standard InChI is InChI=1S/C20H16ClN3S/c1-14-6-12-17(13-7-14)25-20(15-8-10-16(21)11-9-15)24-19-5-3-2-4-18(19)22-23-24/h2-13,20H,1H3. The minimum absolute atomic E-state index is 0.0210. The first-order chi connectivity index (χ1) is 12.2. The lowest BCUT2D eigenvalue weighted by atomic mass is 10.2. The van der Waals surface area contributed by atoms with Crippen molar-refractivity contribution in [3.05, 3.63) is 88.9 Å². The monoisotopic (exact) mass is 365 g/mol. The summed E-state index contributed by atoms with van der Waals surface area (Å²) >= 11 is 7.82. The van der Waals surface area contributed by atoms with E-state index in [0.29, 0.717) is 0 Å². The Labute approximate surface area is 155 Å². The van der Waals surface area contributed by atoms with Gasteiger partial charge in [-0.05, 0) is 48.9 Å². The Morgan fingerprint density at radius 1 is 0.920 bits per heavy atom. The van der Waals surface area contributed by atoms with Gasteiger partial charge in [-0.15, -0.1) is 5.10 Å². The number of nitrogens with zero attached hydrogens (tertiary/aromatic N) is 3. The molecule has 0 aliphatic heterocycles. The summed E-state index contributed by atoms with van der Waals surface area (Å²) < 4.78 is 1.98. The van der Waals surface area contributed by atoms with Crippen LogP contribution in [0.25, 0.3) is 11.0 Å². The average Bonchev–Trinajstić information content (AvgIpc) is 3.06. The number of benzene rings is 3. The van der Waals surface area contributed by atoms with Crippen LogP contribution in [-0.2, 0) is 0 Å². The number of para-hydroxylation sites is 1. The molecule has 0 saturated heterocycles. The van der Waals surface area contributed by atoms with Crippen LogP contribution >= 0.6 is 23.4 Å². The molecule has 0 spiro atoms. The van der Waals surface area contributed by atoms with Gasteiger partial charge in [0.2, 0.25) is 0 Å². The normalized spacial score (nSPS) is 12.4. The Balaban J connectivity index is 1.80. The molecule has 1 aromatic heterocycles. The van der Waals surface area contributed by atoms with E-state index in [4.69, 9.17) is 11.6 Å². The summed E-state index contributed by atoms with van der Waals surface area (Å²) in [6, 6.07) is 24.5. The largest absolute Gasteiger partial charge is 0.227 e. The van der Waals surface area contributed by atoms with Gasteiger partial charge in [-0.2, -0.15) is 0 Å². The first kappa shape index (κ1) is 16.2. The van der Waals surface area contributed by atoms with E-state index >= 15 is 0 Å². The Kier molecular flexibility index (Phi) is 4.47. The van der Waals surface area contributed by atoms with Crippen molar-refractivity contribution in [3.63, 3.8) is 0 Å². The number of aryl methyl sites for hydroxylation is 1. The third-order valence-corrected chi connectivity index (χ3v) is 5.51. The molecule has 5 heteroatoms. The minimum Gasteiger partial charge on any atom is -0.227 e. The van der Waals surface area contributed by atoms with Crippen LogP contribution in [0.5, 0.6) is 0 Å². The Morgan fingerprint density at radius 3 is 2.40 bits per heavy atom. The first-order valence-electron chi connectivity index (χ1n) is 7.99. The fourth-order valence-electron chi connectivity index (χ4n) is 2.69. The second kappa shape index (κ2) is 6.90. The molecule has 0 amide bonds. The maximum atomic E-state index is 6.07. The highest BCUT2D eigenvalue weighted by atomic mass is 35.5. The van der Waals surface area contributed by atoms with Gasteiger partial charge in [-0.25, -0.2) is 4.68 Å². The quantitative estimate of drug-likeness (QED) is 0.432. The minimum atomic E-state index is -0.0210. The van der Waals surface area contributed by atoms with E-state index in [9.17, 15) is 0 Å². The lowest BCUT2D eigenvalue weighted by Gasteiger charge is -2.18. The number of thioether (sulfide) groups is 1. The summed E-state index contributed by atoms with van der Waals surface area (Å²) in [6.07, 6.45) is 0. The maximum absolute atomic E-state index is 6.07. The van der Waals surface area contributed by atoms with Crippen molar-refractivity contribution in [1.29, 1.82) is 0 Å². The van der Waals surface area contributed by atoms with Gasteiger partial charge < -0.3 is 0 Å². The Morgan fingerprint density at radius 2 is 1.64 bits per heavy atom. The SMILES string of the molecule is Cc1ccc(SC(c2ccc(Cl)cc2)n2nnc3ccccc32)cc1. The summed E-state index contributed by atoms with van der Waals surface area (Å²) in [4.78, 5) is 1.19. The zero-order chi connectivity index (χ0) is 17.2. The highest BCUT2D eigenvalue weighted by Crippen LogP contribution is 2.38. The summed E-state index contributed by atoms with van der Waals surface area (Å²) in [5.41, 5.74) is 4.29. The number of hydrogen-bond acceptors (Lipinski definition) is 3. The molecule has 3 nitrogen and oxygen atoms in total. The van der Waals surface area contributed by atoms with Gasteiger partial charge in [0.15, 0.2) is 0 Å². The molecule has 3 aromatic carbocycles. The van der Waals surface area contributed by atoms with Gasteiger partial charge in [-0.1, -0.05) is 70.5 Å². The molecule has 0 bridgehead atoms. The fourth-order valence-corrected chi connectivity index (χ4v) is 3.92. The predicted octanol–water partition coefficient (Wildman–Crippen LogP) is 5.73. The fraction of sp³-hybridized carbons (Fsp3) is 0.100. The van der Waals surface area contributed by atoms with Crippen molar-refractivity contribution < 1.29 is 0 Å². The zero-order valence-corrected chi connectivity index (χ0v) is 15.2. The summed E-state index contributed by atoms with van der Waals surface area (Å²) in [6.45, 7) is 2.09. The third kappa shape index (κ3) is 3.41.